The van der Waals surface area contributed by atoms with E-state index in [9.17, 15) is 13.2 Å². The number of nitrogens with zero attached hydrogens (tertiary/aromatic N) is 2. The number of H-pyrrole nitrogens is 1. The summed E-state index contributed by atoms with van der Waals surface area (Å²) in [6, 6.07) is 0. The Morgan fingerprint density at radius 1 is 1.39 bits per heavy atom. The van der Waals surface area contributed by atoms with Gasteiger partial charge in [-0.25, -0.2) is 13.4 Å². The molecule has 8 heteroatoms. The van der Waals surface area contributed by atoms with Crippen LogP contribution in [0.15, 0.2) is 11.1 Å². The average Bonchev–Trinajstić information content (AvgIpc) is 2.50. The minimum Gasteiger partial charge on any atom is -0.489 e. The lowest BCUT2D eigenvalue weighted by Crippen LogP contribution is -2.29. The van der Waals surface area contributed by atoms with Crippen molar-refractivity contribution in [3.8, 4) is 5.75 Å². The quantitative estimate of drug-likeness (QED) is 0.774. The fraction of sp³-hybridized carbons (Fsp3) is 0.600. The molecule has 100 valence electrons. The predicted octanol–water partition coefficient (Wildman–Crippen LogP) is -0.597. The second-order valence-corrected chi connectivity index (χ2v) is 6.38. The molecule has 0 unspecified atom stereocenters. The molecule has 18 heavy (non-hydrogen) atoms. The molecule has 1 saturated heterocycles. The molecule has 1 fully saturated rings. The third-order valence-corrected chi connectivity index (χ3v) is 4.57. The Labute approximate surface area is 105 Å². The van der Waals surface area contributed by atoms with Crippen LogP contribution in [-0.2, 0) is 9.84 Å². The molecule has 0 radical (unpaired) electrons. The number of nitrogens with one attached hydrogen (secondary N) is 1. The van der Waals surface area contributed by atoms with Gasteiger partial charge in [-0.1, -0.05) is 0 Å². The Bertz CT molecular complexity index is 581. The van der Waals surface area contributed by atoms with Crippen LogP contribution >= 0.6 is 0 Å². The van der Waals surface area contributed by atoms with Gasteiger partial charge in [-0.15, -0.1) is 0 Å². The van der Waals surface area contributed by atoms with E-state index in [1.54, 1.807) is 4.90 Å². The highest BCUT2D eigenvalue weighted by atomic mass is 32.2. The van der Waals surface area contributed by atoms with Crippen molar-refractivity contribution in [1.82, 2.24) is 9.97 Å². The van der Waals surface area contributed by atoms with Crippen LogP contribution in [-0.4, -0.2) is 50.1 Å². The number of anilines is 1. The number of hydrogen-bond acceptors (Lipinski definition) is 6. The summed E-state index contributed by atoms with van der Waals surface area (Å²) >= 11 is 0. The molecule has 0 saturated carbocycles. The van der Waals surface area contributed by atoms with Crippen molar-refractivity contribution in [2.75, 3.05) is 36.6 Å². The molecule has 2 rings (SSSR count). The summed E-state index contributed by atoms with van der Waals surface area (Å²) in [5.41, 5.74) is -0.366. The molecule has 2 heterocycles. The highest BCUT2D eigenvalue weighted by Gasteiger charge is 2.23. The molecule has 0 aliphatic carbocycles. The van der Waals surface area contributed by atoms with Gasteiger partial charge in [-0.05, 0) is 6.42 Å². The van der Waals surface area contributed by atoms with Crippen LogP contribution in [0.4, 0.5) is 5.82 Å². The Balaban J connectivity index is 2.32. The summed E-state index contributed by atoms with van der Waals surface area (Å²) in [4.78, 5) is 19.8. The molecule has 0 spiro atoms. The monoisotopic (exact) mass is 273 g/mol. The first-order valence-electron chi connectivity index (χ1n) is 5.60. The van der Waals surface area contributed by atoms with E-state index in [4.69, 9.17) is 4.74 Å². The summed E-state index contributed by atoms with van der Waals surface area (Å²) in [7, 11) is -1.59. The number of rotatable bonds is 2. The zero-order valence-electron chi connectivity index (χ0n) is 10.0. The summed E-state index contributed by atoms with van der Waals surface area (Å²) in [6.45, 7) is 0.876. The smallest absolute Gasteiger partial charge is 0.295 e. The SMILES string of the molecule is COc1c(N2CCCS(=O)(=O)CC2)nc[nH]c1=O. The van der Waals surface area contributed by atoms with Crippen LogP contribution in [0.2, 0.25) is 0 Å². The van der Waals surface area contributed by atoms with Crippen LogP contribution in [0, 0.1) is 0 Å². The highest BCUT2D eigenvalue weighted by molar-refractivity contribution is 7.91. The van der Waals surface area contributed by atoms with Crippen LogP contribution in [0.5, 0.6) is 5.75 Å². The van der Waals surface area contributed by atoms with Crippen molar-refractivity contribution < 1.29 is 13.2 Å². The molecule has 0 aromatic carbocycles. The van der Waals surface area contributed by atoms with Crippen LogP contribution in [0.1, 0.15) is 6.42 Å². The van der Waals surface area contributed by atoms with Crippen LogP contribution in [0.25, 0.3) is 0 Å². The molecule has 0 atom stereocenters. The molecule has 0 amide bonds. The largest absolute Gasteiger partial charge is 0.489 e. The topological polar surface area (TPSA) is 92.4 Å². The van der Waals surface area contributed by atoms with E-state index in [1.807, 2.05) is 0 Å². The highest BCUT2D eigenvalue weighted by Crippen LogP contribution is 2.21. The van der Waals surface area contributed by atoms with E-state index >= 15 is 0 Å². The van der Waals surface area contributed by atoms with Gasteiger partial charge in [0.1, 0.15) is 0 Å². The number of methoxy groups -OCH3 is 1. The Morgan fingerprint density at radius 3 is 2.89 bits per heavy atom. The standard InChI is InChI=1S/C10H15N3O4S/c1-17-8-9(11-7-12-10(8)14)13-3-2-5-18(15,16)6-4-13/h7H,2-6H2,1H3,(H,11,12,14). The molecule has 7 nitrogen and oxygen atoms in total. The molecular formula is C10H15N3O4S. The van der Waals surface area contributed by atoms with Crippen molar-refractivity contribution in [2.45, 2.75) is 6.42 Å². The van der Waals surface area contributed by atoms with E-state index in [-0.39, 0.29) is 22.8 Å². The van der Waals surface area contributed by atoms with Gasteiger partial charge in [-0.3, -0.25) is 4.79 Å². The van der Waals surface area contributed by atoms with E-state index < -0.39 is 9.84 Å². The predicted molar refractivity (Wildman–Crippen MR) is 66.9 cm³/mol. The van der Waals surface area contributed by atoms with Gasteiger partial charge < -0.3 is 14.6 Å². The van der Waals surface area contributed by atoms with Crippen molar-refractivity contribution in [3.63, 3.8) is 0 Å². The third-order valence-electron chi connectivity index (χ3n) is 2.85. The number of aromatic nitrogens is 2. The molecule has 1 aromatic rings. The Kier molecular flexibility index (Phi) is 3.55. The van der Waals surface area contributed by atoms with Crippen molar-refractivity contribution >= 4 is 15.7 Å². The van der Waals surface area contributed by atoms with Gasteiger partial charge in [0, 0.05) is 13.1 Å². The lowest BCUT2D eigenvalue weighted by Gasteiger charge is -2.21. The maximum atomic E-state index is 11.6. The first kappa shape index (κ1) is 12.9. The van der Waals surface area contributed by atoms with Crippen LogP contribution < -0.4 is 15.2 Å². The fourth-order valence-electron chi connectivity index (χ4n) is 1.94. The second kappa shape index (κ2) is 4.97. The summed E-state index contributed by atoms with van der Waals surface area (Å²) in [5.74, 6) is 0.773. The summed E-state index contributed by atoms with van der Waals surface area (Å²) in [5, 5.41) is 0. The van der Waals surface area contributed by atoms with Gasteiger partial charge in [0.25, 0.3) is 5.56 Å². The minimum absolute atomic E-state index is 0.0740. The lowest BCUT2D eigenvalue weighted by molar-refractivity contribution is 0.405. The summed E-state index contributed by atoms with van der Waals surface area (Å²) < 4.78 is 28.1. The van der Waals surface area contributed by atoms with Crippen molar-refractivity contribution in [2.24, 2.45) is 0 Å². The molecule has 1 aromatic heterocycles. The second-order valence-electron chi connectivity index (χ2n) is 4.08. The molecule has 1 aliphatic heterocycles. The number of aromatic amines is 1. The lowest BCUT2D eigenvalue weighted by atomic mass is 10.3. The van der Waals surface area contributed by atoms with Gasteiger partial charge in [0.15, 0.2) is 15.7 Å². The average molecular weight is 273 g/mol. The first-order valence-corrected chi connectivity index (χ1v) is 7.43. The maximum absolute atomic E-state index is 11.6. The van der Waals surface area contributed by atoms with Gasteiger partial charge in [0.2, 0.25) is 5.75 Å². The normalized spacial score (nSPS) is 19.3. The number of ether oxygens (including phenoxy) is 1. The molecule has 1 N–H and O–H groups in total. The number of sulfone groups is 1. The van der Waals surface area contributed by atoms with Crippen molar-refractivity contribution in [3.05, 3.63) is 16.7 Å². The minimum atomic E-state index is -2.99. The maximum Gasteiger partial charge on any atom is 0.295 e. The van der Waals surface area contributed by atoms with Gasteiger partial charge in [0.05, 0.1) is 24.9 Å². The third kappa shape index (κ3) is 2.63. The Hall–Kier alpha value is -1.57. The molecule has 0 bridgehead atoms. The zero-order valence-corrected chi connectivity index (χ0v) is 10.9. The first-order chi connectivity index (χ1) is 8.53. The fourth-order valence-corrected chi connectivity index (χ4v) is 3.21. The molecular weight excluding hydrogens is 258 g/mol. The van der Waals surface area contributed by atoms with E-state index in [1.165, 1.54) is 13.4 Å². The Morgan fingerprint density at radius 2 is 2.17 bits per heavy atom. The zero-order chi connectivity index (χ0) is 13.2. The van der Waals surface area contributed by atoms with Crippen molar-refractivity contribution in [1.29, 1.82) is 0 Å². The van der Waals surface area contributed by atoms with Crippen LogP contribution in [0.3, 0.4) is 0 Å². The van der Waals surface area contributed by atoms with E-state index in [2.05, 4.69) is 9.97 Å². The van der Waals surface area contributed by atoms with Gasteiger partial charge >= 0.3 is 0 Å². The number of hydrogen-bond donors (Lipinski definition) is 1. The molecule has 1 aliphatic rings. The van der Waals surface area contributed by atoms with Gasteiger partial charge in [-0.2, -0.15) is 0 Å². The van der Waals surface area contributed by atoms with E-state index in [0.29, 0.717) is 25.3 Å². The summed E-state index contributed by atoms with van der Waals surface area (Å²) in [6.07, 6.45) is 1.82. The van der Waals surface area contributed by atoms with E-state index in [0.717, 1.165) is 0 Å².